The highest BCUT2D eigenvalue weighted by Gasteiger charge is 2.07. The molecule has 0 aromatic heterocycles. The molecule has 0 heterocycles. The Kier molecular flexibility index (Phi) is 4.83. The summed E-state index contributed by atoms with van der Waals surface area (Å²) in [5, 5.41) is 14.7. The minimum Gasteiger partial charge on any atom is -0.507 e. The van der Waals surface area contributed by atoms with E-state index in [0.717, 1.165) is 0 Å². The second kappa shape index (κ2) is 6.61. The van der Waals surface area contributed by atoms with Crippen LogP contribution < -0.4 is 5.43 Å². The highest BCUT2D eigenvalue weighted by Crippen LogP contribution is 2.22. The summed E-state index contributed by atoms with van der Waals surface area (Å²) in [4.78, 5) is 11.9. The minimum absolute atomic E-state index is 0.00416. The third-order valence-electron chi connectivity index (χ3n) is 2.78. The topological polar surface area (TPSA) is 61.7 Å². The van der Waals surface area contributed by atoms with Gasteiger partial charge in [-0.2, -0.15) is 5.10 Å². The van der Waals surface area contributed by atoms with Gasteiger partial charge in [-0.05, 0) is 49.4 Å². The lowest BCUT2D eigenvalue weighted by Crippen LogP contribution is -2.19. The molecule has 0 aliphatic carbocycles. The number of nitrogens with one attached hydrogen (secondary N) is 1. The zero-order chi connectivity index (χ0) is 15.4. The van der Waals surface area contributed by atoms with Crippen molar-refractivity contribution >= 4 is 34.8 Å². The first-order chi connectivity index (χ1) is 9.97. The second-order valence-corrected chi connectivity index (χ2v) is 5.18. The molecule has 0 unspecified atom stereocenters. The van der Waals surface area contributed by atoms with Crippen LogP contribution in [-0.2, 0) is 0 Å². The lowest BCUT2D eigenvalue weighted by molar-refractivity contribution is 0.0955. The quantitative estimate of drug-likeness (QED) is 0.666. The normalized spacial score (nSPS) is 11.3. The summed E-state index contributed by atoms with van der Waals surface area (Å²) >= 11 is 11.5. The molecule has 0 bridgehead atoms. The highest BCUT2D eigenvalue weighted by molar-refractivity contribution is 6.31. The Morgan fingerprint density at radius 2 is 1.71 bits per heavy atom. The van der Waals surface area contributed by atoms with Gasteiger partial charge in [-0.15, -0.1) is 0 Å². The number of hydrazone groups is 1. The summed E-state index contributed by atoms with van der Waals surface area (Å²) in [7, 11) is 0. The molecule has 2 N–H and O–H groups in total. The third-order valence-corrected chi connectivity index (χ3v) is 3.27. The van der Waals surface area contributed by atoms with E-state index in [-0.39, 0.29) is 11.7 Å². The number of nitrogens with zero attached hydrogens (tertiary/aromatic N) is 1. The molecule has 0 saturated carbocycles. The molecular formula is C15H12Cl2N2O2. The molecule has 0 radical (unpaired) electrons. The summed E-state index contributed by atoms with van der Waals surface area (Å²) in [6.07, 6.45) is 0. The molecule has 0 spiro atoms. The lowest BCUT2D eigenvalue weighted by atomic mass is 10.1. The van der Waals surface area contributed by atoms with Crippen LogP contribution in [0.4, 0.5) is 0 Å². The van der Waals surface area contributed by atoms with Crippen molar-refractivity contribution in [3.63, 3.8) is 0 Å². The zero-order valence-electron chi connectivity index (χ0n) is 11.1. The number of phenolic OH excluding ortho intramolecular Hbond substituents is 1. The average molecular weight is 323 g/mol. The van der Waals surface area contributed by atoms with Gasteiger partial charge in [-0.3, -0.25) is 4.79 Å². The van der Waals surface area contributed by atoms with Crippen LogP contribution in [0.2, 0.25) is 10.0 Å². The Morgan fingerprint density at radius 1 is 1.10 bits per heavy atom. The molecular weight excluding hydrogens is 311 g/mol. The number of phenols is 1. The first-order valence-corrected chi connectivity index (χ1v) is 6.82. The number of carbonyl (C=O) groups excluding carboxylic acids is 1. The number of hydrogen-bond donors (Lipinski definition) is 2. The van der Waals surface area contributed by atoms with Crippen molar-refractivity contribution in [2.45, 2.75) is 6.92 Å². The van der Waals surface area contributed by atoms with Crippen molar-refractivity contribution in [1.29, 1.82) is 0 Å². The number of aromatic hydroxyl groups is 1. The number of amides is 1. The van der Waals surface area contributed by atoms with E-state index in [1.807, 2.05) is 0 Å². The number of halogens is 2. The van der Waals surface area contributed by atoms with E-state index in [9.17, 15) is 9.90 Å². The maximum Gasteiger partial charge on any atom is 0.271 e. The maximum atomic E-state index is 11.9. The van der Waals surface area contributed by atoms with Crippen LogP contribution in [-0.4, -0.2) is 16.7 Å². The maximum absolute atomic E-state index is 11.9. The van der Waals surface area contributed by atoms with Crippen molar-refractivity contribution in [3.8, 4) is 5.75 Å². The van der Waals surface area contributed by atoms with Gasteiger partial charge < -0.3 is 5.11 Å². The Hall–Kier alpha value is -2.04. The molecule has 0 saturated heterocycles. The lowest BCUT2D eigenvalue weighted by Gasteiger charge is -2.05. The average Bonchev–Trinajstić information content (AvgIpc) is 2.45. The fourth-order valence-corrected chi connectivity index (χ4v) is 1.96. The molecule has 0 aliphatic rings. The van der Waals surface area contributed by atoms with Gasteiger partial charge >= 0.3 is 0 Å². The molecule has 2 aromatic carbocycles. The van der Waals surface area contributed by atoms with Crippen molar-refractivity contribution < 1.29 is 9.90 Å². The van der Waals surface area contributed by atoms with Gasteiger partial charge in [0.2, 0.25) is 0 Å². The van der Waals surface area contributed by atoms with Crippen molar-refractivity contribution in [2.24, 2.45) is 5.10 Å². The molecule has 1 amide bonds. The van der Waals surface area contributed by atoms with Gasteiger partial charge in [0.15, 0.2) is 0 Å². The Labute approximate surface area is 132 Å². The molecule has 0 aliphatic heterocycles. The summed E-state index contributed by atoms with van der Waals surface area (Å²) in [6, 6.07) is 11.1. The van der Waals surface area contributed by atoms with Gasteiger partial charge in [-0.25, -0.2) is 5.43 Å². The predicted molar refractivity (Wildman–Crippen MR) is 84.2 cm³/mol. The molecule has 0 atom stereocenters. The molecule has 4 nitrogen and oxygen atoms in total. The van der Waals surface area contributed by atoms with E-state index >= 15 is 0 Å². The van der Waals surface area contributed by atoms with Gasteiger partial charge in [0.05, 0.1) is 5.71 Å². The summed E-state index contributed by atoms with van der Waals surface area (Å²) in [5.74, 6) is -0.357. The Balaban J connectivity index is 2.12. The smallest absolute Gasteiger partial charge is 0.271 e. The number of benzene rings is 2. The Bertz CT molecular complexity index is 697. The van der Waals surface area contributed by atoms with Crippen LogP contribution in [0.3, 0.4) is 0 Å². The van der Waals surface area contributed by atoms with E-state index in [1.165, 1.54) is 6.07 Å². The standard InChI is InChI=1S/C15H12Cl2N2O2/c1-9(13-7-6-12(17)8-14(13)20)18-19-15(21)10-2-4-11(16)5-3-10/h2-8,20H,1H3,(H,19,21)/b18-9+. The van der Waals surface area contributed by atoms with Crippen molar-refractivity contribution in [1.82, 2.24) is 5.43 Å². The summed E-state index contributed by atoms with van der Waals surface area (Å²) in [5.41, 5.74) is 3.82. The SMILES string of the molecule is C/C(=N\NC(=O)c1ccc(Cl)cc1)c1ccc(Cl)cc1O. The second-order valence-electron chi connectivity index (χ2n) is 4.31. The Morgan fingerprint density at radius 3 is 2.33 bits per heavy atom. The van der Waals surface area contributed by atoms with Crippen molar-refractivity contribution in [3.05, 3.63) is 63.6 Å². The van der Waals surface area contributed by atoms with Crippen LogP contribution in [0.1, 0.15) is 22.8 Å². The van der Waals surface area contributed by atoms with Crippen LogP contribution in [0.5, 0.6) is 5.75 Å². The first-order valence-electron chi connectivity index (χ1n) is 6.06. The van der Waals surface area contributed by atoms with Gasteiger partial charge in [0, 0.05) is 21.2 Å². The summed E-state index contributed by atoms with van der Waals surface area (Å²) in [6.45, 7) is 1.67. The highest BCUT2D eigenvalue weighted by atomic mass is 35.5. The predicted octanol–water partition coefficient (Wildman–Crippen LogP) is 3.85. The number of rotatable bonds is 3. The van der Waals surface area contributed by atoms with E-state index in [4.69, 9.17) is 23.2 Å². The van der Waals surface area contributed by atoms with Gasteiger partial charge in [0.1, 0.15) is 5.75 Å². The van der Waals surface area contributed by atoms with E-state index in [1.54, 1.807) is 43.3 Å². The molecule has 0 fully saturated rings. The van der Waals surface area contributed by atoms with Crippen LogP contribution in [0.15, 0.2) is 47.6 Å². The van der Waals surface area contributed by atoms with Gasteiger partial charge in [-0.1, -0.05) is 23.2 Å². The summed E-state index contributed by atoms with van der Waals surface area (Å²) < 4.78 is 0. The van der Waals surface area contributed by atoms with E-state index in [2.05, 4.69) is 10.5 Å². The molecule has 21 heavy (non-hydrogen) atoms. The van der Waals surface area contributed by atoms with Crippen molar-refractivity contribution in [2.75, 3.05) is 0 Å². The number of hydrogen-bond acceptors (Lipinski definition) is 3. The molecule has 108 valence electrons. The van der Waals surface area contributed by atoms with Crippen LogP contribution >= 0.6 is 23.2 Å². The van der Waals surface area contributed by atoms with E-state index in [0.29, 0.717) is 26.9 Å². The molecule has 6 heteroatoms. The molecule has 2 rings (SSSR count). The number of carbonyl (C=O) groups is 1. The zero-order valence-corrected chi connectivity index (χ0v) is 12.6. The molecule has 2 aromatic rings. The fraction of sp³-hybridized carbons (Fsp3) is 0.0667. The third kappa shape index (κ3) is 3.97. The monoisotopic (exact) mass is 322 g/mol. The van der Waals surface area contributed by atoms with E-state index < -0.39 is 0 Å². The van der Waals surface area contributed by atoms with Gasteiger partial charge in [0.25, 0.3) is 5.91 Å². The largest absolute Gasteiger partial charge is 0.507 e. The van der Waals surface area contributed by atoms with Crippen LogP contribution in [0.25, 0.3) is 0 Å². The fourth-order valence-electron chi connectivity index (χ4n) is 1.67. The first kappa shape index (κ1) is 15.4. The van der Waals surface area contributed by atoms with Crippen LogP contribution in [0, 0.1) is 0 Å². The minimum atomic E-state index is -0.362.